The summed E-state index contributed by atoms with van der Waals surface area (Å²) in [4.78, 5) is 6.46. The molecular weight excluding hydrogens is 278 g/mol. The second-order valence-electron chi connectivity index (χ2n) is 5.63. The number of hydrogen-bond acceptors (Lipinski definition) is 5. The van der Waals surface area contributed by atoms with Gasteiger partial charge in [-0.25, -0.2) is 0 Å². The molecule has 0 unspecified atom stereocenters. The Kier molecular flexibility index (Phi) is 3.23. The Morgan fingerprint density at radius 2 is 2.23 bits per heavy atom. The zero-order chi connectivity index (χ0) is 14.9. The highest BCUT2D eigenvalue weighted by atomic mass is 16.5. The molecule has 0 saturated heterocycles. The van der Waals surface area contributed by atoms with E-state index in [-0.39, 0.29) is 0 Å². The van der Waals surface area contributed by atoms with E-state index < -0.39 is 0 Å². The molecule has 22 heavy (non-hydrogen) atoms. The van der Waals surface area contributed by atoms with Gasteiger partial charge in [0, 0.05) is 37.1 Å². The van der Waals surface area contributed by atoms with Crippen LogP contribution in [0.1, 0.15) is 17.1 Å². The summed E-state index contributed by atoms with van der Waals surface area (Å²) in [5.41, 5.74) is 4.15. The van der Waals surface area contributed by atoms with Crippen LogP contribution in [0, 0.1) is 6.92 Å². The van der Waals surface area contributed by atoms with Crippen LogP contribution < -0.4 is 0 Å². The summed E-state index contributed by atoms with van der Waals surface area (Å²) in [5.74, 6) is 0.878. The van der Waals surface area contributed by atoms with Crippen molar-refractivity contribution in [3.8, 4) is 11.3 Å². The number of pyridine rings is 1. The molecular formula is C16H17N5O. The lowest BCUT2D eigenvalue weighted by Crippen LogP contribution is -2.33. The van der Waals surface area contributed by atoms with E-state index >= 15 is 0 Å². The van der Waals surface area contributed by atoms with Gasteiger partial charge in [0.25, 0.3) is 0 Å². The first-order chi connectivity index (χ1) is 10.8. The van der Waals surface area contributed by atoms with Gasteiger partial charge in [-0.3, -0.25) is 14.6 Å². The van der Waals surface area contributed by atoms with E-state index in [1.165, 1.54) is 5.69 Å². The number of fused-ring (bicyclic) bond motifs is 1. The lowest BCUT2D eigenvalue weighted by atomic mass is 10.2. The number of rotatable bonds is 3. The first kappa shape index (κ1) is 13.2. The molecule has 0 aromatic carbocycles. The minimum absolute atomic E-state index is 0.761. The topological polar surface area (TPSA) is 60.0 Å². The van der Waals surface area contributed by atoms with Crippen molar-refractivity contribution in [1.82, 2.24) is 24.8 Å². The molecule has 0 bridgehead atoms. The third-order valence-electron chi connectivity index (χ3n) is 3.89. The maximum atomic E-state index is 5.47. The van der Waals surface area contributed by atoms with Gasteiger partial charge in [0.05, 0.1) is 24.5 Å². The van der Waals surface area contributed by atoms with Crippen LogP contribution in [0.5, 0.6) is 0 Å². The van der Waals surface area contributed by atoms with Gasteiger partial charge in [-0.1, -0.05) is 5.16 Å². The smallest absolute Gasteiger partial charge is 0.151 e. The van der Waals surface area contributed by atoms with Crippen molar-refractivity contribution in [2.75, 3.05) is 6.54 Å². The van der Waals surface area contributed by atoms with Gasteiger partial charge in [-0.2, -0.15) is 5.10 Å². The Morgan fingerprint density at radius 3 is 3.09 bits per heavy atom. The van der Waals surface area contributed by atoms with Crippen LogP contribution >= 0.6 is 0 Å². The summed E-state index contributed by atoms with van der Waals surface area (Å²) < 4.78 is 7.56. The Balaban J connectivity index is 1.47. The average Bonchev–Trinajstić information content (AvgIpc) is 3.13. The van der Waals surface area contributed by atoms with Crippen LogP contribution in [0.15, 0.2) is 41.2 Å². The highest BCUT2D eigenvalue weighted by Gasteiger charge is 2.19. The number of aryl methyl sites for hydroxylation is 1. The first-order valence-electron chi connectivity index (χ1n) is 7.39. The molecule has 0 N–H and O–H groups in total. The van der Waals surface area contributed by atoms with Crippen molar-refractivity contribution in [2.45, 2.75) is 26.6 Å². The van der Waals surface area contributed by atoms with E-state index in [1.807, 2.05) is 25.1 Å². The fourth-order valence-electron chi connectivity index (χ4n) is 2.86. The van der Waals surface area contributed by atoms with Crippen molar-refractivity contribution in [2.24, 2.45) is 0 Å². The third kappa shape index (κ3) is 2.53. The molecule has 1 aliphatic heterocycles. The van der Waals surface area contributed by atoms with E-state index in [1.54, 1.807) is 12.4 Å². The summed E-state index contributed by atoms with van der Waals surface area (Å²) in [7, 11) is 0. The summed E-state index contributed by atoms with van der Waals surface area (Å²) in [6.45, 7) is 5.58. The number of hydrogen-bond donors (Lipinski definition) is 0. The van der Waals surface area contributed by atoms with Gasteiger partial charge in [-0.15, -0.1) is 0 Å². The molecule has 0 amide bonds. The quantitative estimate of drug-likeness (QED) is 0.741. The van der Waals surface area contributed by atoms with E-state index in [0.29, 0.717) is 0 Å². The molecule has 4 rings (SSSR count). The highest BCUT2D eigenvalue weighted by Crippen LogP contribution is 2.20. The largest absolute Gasteiger partial charge is 0.359 e. The van der Waals surface area contributed by atoms with Crippen LogP contribution in [-0.2, 0) is 19.6 Å². The van der Waals surface area contributed by atoms with Crippen molar-refractivity contribution in [3.63, 3.8) is 0 Å². The Morgan fingerprint density at radius 1 is 1.27 bits per heavy atom. The molecule has 6 heteroatoms. The first-order valence-corrected chi connectivity index (χ1v) is 7.39. The minimum atomic E-state index is 0.761. The fourth-order valence-corrected chi connectivity index (χ4v) is 2.86. The molecule has 3 aromatic rings. The van der Waals surface area contributed by atoms with Crippen molar-refractivity contribution < 1.29 is 4.52 Å². The molecule has 112 valence electrons. The molecule has 6 nitrogen and oxygen atoms in total. The molecule has 0 radical (unpaired) electrons. The second-order valence-corrected chi connectivity index (χ2v) is 5.63. The predicted octanol–water partition coefficient (Wildman–Crippen LogP) is 2.26. The number of nitrogens with zero attached hydrogens (tertiary/aromatic N) is 5. The lowest BCUT2D eigenvalue weighted by Gasteiger charge is -2.26. The van der Waals surface area contributed by atoms with Gasteiger partial charge in [-0.05, 0) is 25.1 Å². The molecule has 4 heterocycles. The molecule has 0 saturated carbocycles. The van der Waals surface area contributed by atoms with Gasteiger partial charge in [0.15, 0.2) is 5.76 Å². The van der Waals surface area contributed by atoms with Gasteiger partial charge >= 0.3 is 0 Å². The van der Waals surface area contributed by atoms with E-state index in [4.69, 9.17) is 4.52 Å². The standard InChI is InChI=1S/C16H17N5O/c1-12-7-14-10-20(5-6-21(14)18-12)11-15-8-16(19-22-15)13-3-2-4-17-9-13/h2-4,7-9H,5-6,10-11H2,1H3. The Labute approximate surface area is 128 Å². The maximum absolute atomic E-state index is 5.47. The van der Waals surface area contributed by atoms with Gasteiger partial charge in [0.1, 0.15) is 5.69 Å². The van der Waals surface area contributed by atoms with E-state index in [9.17, 15) is 0 Å². The molecule has 0 atom stereocenters. The third-order valence-corrected chi connectivity index (χ3v) is 3.89. The SMILES string of the molecule is Cc1cc2n(n1)CCN(Cc1cc(-c3cccnc3)no1)C2. The fraction of sp³-hybridized carbons (Fsp3) is 0.312. The number of aromatic nitrogens is 4. The van der Waals surface area contributed by atoms with E-state index in [2.05, 4.69) is 30.9 Å². The highest BCUT2D eigenvalue weighted by molar-refractivity contribution is 5.57. The lowest BCUT2D eigenvalue weighted by molar-refractivity contribution is 0.184. The molecule has 0 aliphatic carbocycles. The normalized spacial score (nSPS) is 15.0. The van der Waals surface area contributed by atoms with Crippen LogP contribution in [0.2, 0.25) is 0 Å². The van der Waals surface area contributed by atoms with Crippen LogP contribution in [0.25, 0.3) is 11.3 Å². The van der Waals surface area contributed by atoms with Gasteiger partial charge < -0.3 is 4.52 Å². The van der Waals surface area contributed by atoms with E-state index in [0.717, 1.165) is 48.9 Å². The van der Waals surface area contributed by atoms with Crippen molar-refractivity contribution in [1.29, 1.82) is 0 Å². The van der Waals surface area contributed by atoms with Crippen LogP contribution in [-0.4, -0.2) is 31.4 Å². The van der Waals surface area contributed by atoms with Gasteiger partial charge in [0.2, 0.25) is 0 Å². The van der Waals surface area contributed by atoms with Crippen LogP contribution in [0.3, 0.4) is 0 Å². The Hall–Kier alpha value is -2.47. The monoisotopic (exact) mass is 295 g/mol. The summed E-state index contributed by atoms with van der Waals surface area (Å²) in [6, 6.07) is 8.02. The molecule has 3 aromatic heterocycles. The zero-order valence-corrected chi connectivity index (χ0v) is 12.4. The summed E-state index contributed by atoms with van der Waals surface area (Å²) in [6.07, 6.45) is 3.55. The predicted molar refractivity (Wildman–Crippen MR) is 80.8 cm³/mol. The van der Waals surface area contributed by atoms with Crippen LogP contribution in [0.4, 0.5) is 0 Å². The summed E-state index contributed by atoms with van der Waals surface area (Å²) in [5, 5.41) is 8.62. The zero-order valence-electron chi connectivity index (χ0n) is 12.4. The maximum Gasteiger partial charge on any atom is 0.151 e. The van der Waals surface area contributed by atoms with Crippen molar-refractivity contribution >= 4 is 0 Å². The summed E-state index contributed by atoms with van der Waals surface area (Å²) >= 11 is 0. The second kappa shape index (κ2) is 5.38. The molecule has 0 spiro atoms. The van der Waals surface area contributed by atoms with Crippen molar-refractivity contribution in [3.05, 3.63) is 53.8 Å². The Bertz CT molecular complexity index is 777. The minimum Gasteiger partial charge on any atom is -0.359 e. The molecule has 0 fully saturated rings. The molecule has 1 aliphatic rings. The average molecular weight is 295 g/mol.